The SMILES string of the molecule is COC1CN(C(=O)c2ccc(I)c(Cl)c2)CCC1C. The van der Waals surface area contributed by atoms with Gasteiger partial charge in [-0.25, -0.2) is 0 Å². The molecule has 1 amide bonds. The predicted octanol–water partition coefficient (Wildman–Crippen LogP) is 3.44. The zero-order chi connectivity index (χ0) is 14.0. The summed E-state index contributed by atoms with van der Waals surface area (Å²) in [5, 5.41) is 0.625. The average molecular weight is 394 g/mol. The van der Waals surface area contributed by atoms with Gasteiger partial charge >= 0.3 is 0 Å². The first kappa shape index (κ1) is 15.1. The lowest BCUT2D eigenvalue weighted by Gasteiger charge is -2.36. The van der Waals surface area contributed by atoms with Gasteiger partial charge < -0.3 is 9.64 Å². The zero-order valence-corrected chi connectivity index (χ0v) is 13.9. The van der Waals surface area contributed by atoms with Crippen LogP contribution in [0, 0.1) is 9.49 Å². The van der Waals surface area contributed by atoms with Crippen LogP contribution in [0.5, 0.6) is 0 Å². The molecule has 1 fully saturated rings. The topological polar surface area (TPSA) is 29.5 Å². The van der Waals surface area contributed by atoms with Gasteiger partial charge in [0.2, 0.25) is 0 Å². The summed E-state index contributed by atoms with van der Waals surface area (Å²) in [5.41, 5.74) is 0.648. The second-order valence-corrected chi connectivity index (χ2v) is 6.49. The molecule has 0 saturated carbocycles. The number of rotatable bonds is 2. The monoisotopic (exact) mass is 393 g/mol. The van der Waals surface area contributed by atoms with Gasteiger partial charge in [0.25, 0.3) is 5.91 Å². The molecule has 0 aromatic heterocycles. The van der Waals surface area contributed by atoms with E-state index in [-0.39, 0.29) is 12.0 Å². The van der Waals surface area contributed by atoms with Crippen LogP contribution in [0.25, 0.3) is 0 Å². The van der Waals surface area contributed by atoms with Gasteiger partial charge in [0, 0.05) is 29.3 Å². The summed E-state index contributed by atoms with van der Waals surface area (Å²) in [5.74, 6) is 0.529. The minimum absolute atomic E-state index is 0.0345. The Morgan fingerprint density at radius 1 is 1.53 bits per heavy atom. The summed E-state index contributed by atoms with van der Waals surface area (Å²) >= 11 is 8.23. The molecule has 19 heavy (non-hydrogen) atoms. The third-order valence-corrected chi connectivity index (χ3v) is 5.22. The van der Waals surface area contributed by atoms with Crippen molar-refractivity contribution in [3.05, 3.63) is 32.4 Å². The Morgan fingerprint density at radius 3 is 2.89 bits per heavy atom. The third kappa shape index (κ3) is 3.41. The first-order chi connectivity index (χ1) is 9.02. The number of carbonyl (C=O) groups is 1. The Kier molecular flexibility index (Phi) is 5.09. The molecule has 0 bridgehead atoms. The van der Waals surface area contributed by atoms with Crippen molar-refractivity contribution in [1.82, 2.24) is 4.90 Å². The second-order valence-electron chi connectivity index (χ2n) is 4.92. The Labute approximate surface area is 132 Å². The fourth-order valence-corrected chi connectivity index (χ4v) is 2.85. The van der Waals surface area contributed by atoms with Crippen molar-refractivity contribution in [2.45, 2.75) is 19.4 Å². The highest BCUT2D eigenvalue weighted by Crippen LogP contribution is 2.24. The van der Waals surface area contributed by atoms with Crippen molar-refractivity contribution in [1.29, 1.82) is 0 Å². The van der Waals surface area contributed by atoms with E-state index in [1.54, 1.807) is 13.2 Å². The fourth-order valence-electron chi connectivity index (χ4n) is 2.34. The molecule has 5 heteroatoms. The summed E-state index contributed by atoms with van der Waals surface area (Å²) < 4.78 is 6.40. The smallest absolute Gasteiger partial charge is 0.253 e. The van der Waals surface area contributed by atoms with Crippen LogP contribution < -0.4 is 0 Å². The van der Waals surface area contributed by atoms with Gasteiger partial charge in [0.05, 0.1) is 11.1 Å². The predicted molar refractivity (Wildman–Crippen MR) is 84.7 cm³/mol. The number of nitrogens with zero attached hydrogens (tertiary/aromatic N) is 1. The minimum atomic E-state index is 0.0345. The molecule has 0 spiro atoms. The van der Waals surface area contributed by atoms with Gasteiger partial charge in [-0.1, -0.05) is 18.5 Å². The highest BCUT2D eigenvalue weighted by molar-refractivity contribution is 14.1. The number of methoxy groups -OCH3 is 1. The molecule has 1 aliphatic heterocycles. The number of piperidine rings is 1. The molecule has 0 N–H and O–H groups in total. The third-order valence-electron chi connectivity index (χ3n) is 3.65. The van der Waals surface area contributed by atoms with E-state index >= 15 is 0 Å². The van der Waals surface area contributed by atoms with Crippen LogP contribution in [-0.2, 0) is 4.74 Å². The van der Waals surface area contributed by atoms with Crippen LogP contribution in [-0.4, -0.2) is 37.1 Å². The van der Waals surface area contributed by atoms with Gasteiger partial charge in [0.1, 0.15) is 0 Å². The number of amides is 1. The lowest BCUT2D eigenvalue weighted by atomic mass is 9.95. The van der Waals surface area contributed by atoms with E-state index in [2.05, 4.69) is 29.5 Å². The Balaban J connectivity index is 2.13. The van der Waals surface area contributed by atoms with Crippen LogP contribution in [0.15, 0.2) is 18.2 Å². The van der Waals surface area contributed by atoms with Crippen LogP contribution in [0.1, 0.15) is 23.7 Å². The number of hydrogen-bond acceptors (Lipinski definition) is 2. The molecule has 1 aliphatic rings. The van der Waals surface area contributed by atoms with E-state index in [0.29, 0.717) is 23.0 Å². The van der Waals surface area contributed by atoms with E-state index in [9.17, 15) is 4.79 Å². The lowest BCUT2D eigenvalue weighted by molar-refractivity contribution is -0.00156. The maximum Gasteiger partial charge on any atom is 0.253 e. The lowest BCUT2D eigenvalue weighted by Crippen LogP contribution is -2.46. The molecule has 1 aromatic rings. The number of carbonyl (C=O) groups excluding carboxylic acids is 1. The van der Waals surface area contributed by atoms with E-state index < -0.39 is 0 Å². The first-order valence-electron chi connectivity index (χ1n) is 6.30. The maximum absolute atomic E-state index is 12.4. The maximum atomic E-state index is 12.4. The van der Waals surface area contributed by atoms with Gasteiger partial charge in [-0.2, -0.15) is 0 Å². The molecule has 3 nitrogen and oxygen atoms in total. The standard InChI is InChI=1S/C14H17ClINO2/c1-9-5-6-17(8-13(9)19-2)14(18)10-3-4-12(16)11(15)7-10/h3-4,7,9,13H,5-6,8H2,1-2H3. The van der Waals surface area contributed by atoms with E-state index in [1.807, 2.05) is 17.0 Å². The summed E-state index contributed by atoms with van der Waals surface area (Å²) in [4.78, 5) is 14.3. The molecule has 0 radical (unpaired) electrons. The number of likely N-dealkylation sites (tertiary alicyclic amines) is 1. The molecule has 2 atom stereocenters. The zero-order valence-electron chi connectivity index (χ0n) is 11.0. The molecule has 0 aliphatic carbocycles. The fraction of sp³-hybridized carbons (Fsp3) is 0.500. The highest BCUT2D eigenvalue weighted by Gasteiger charge is 2.29. The quantitative estimate of drug-likeness (QED) is 0.721. The highest BCUT2D eigenvalue weighted by atomic mass is 127. The van der Waals surface area contributed by atoms with Crippen LogP contribution >= 0.6 is 34.2 Å². The summed E-state index contributed by atoms with van der Waals surface area (Å²) in [7, 11) is 1.71. The van der Waals surface area contributed by atoms with Crippen molar-refractivity contribution >= 4 is 40.1 Å². The summed E-state index contributed by atoms with van der Waals surface area (Å²) in [6, 6.07) is 5.44. The van der Waals surface area contributed by atoms with E-state index in [1.165, 1.54) is 0 Å². The number of benzene rings is 1. The summed E-state index contributed by atoms with van der Waals surface area (Å²) in [6.45, 7) is 3.60. The van der Waals surface area contributed by atoms with Crippen LogP contribution in [0.4, 0.5) is 0 Å². The number of ether oxygens (including phenoxy) is 1. The molecule has 2 rings (SSSR count). The molecular formula is C14H17ClINO2. The average Bonchev–Trinajstić information content (AvgIpc) is 2.41. The van der Waals surface area contributed by atoms with Crippen molar-refractivity contribution in [3.63, 3.8) is 0 Å². The van der Waals surface area contributed by atoms with Crippen molar-refractivity contribution in [2.75, 3.05) is 20.2 Å². The summed E-state index contributed by atoms with van der Waals surface area (Å²) in [6.07, 6.45) is 1.10. The van der Waals surface area contributed by atoms with E-state index in [4.69, 9.17) is 16.3 Å². The van der Waals surface area contributed by atoms with Gasteiger partial charge in [-0.15, -0.1) is 0 Å². The Hall–Kier alpha value is -0.330. The molecule has 2 unspecified atom stereocenters. The van der Waals surface area contributed by atoms with Crippen molar-refractivity contribution in [3.8, 4) is 0 Å². The largest absolute Gasteiger partial charge is 0.379 e. The van der Waals surface area contributed by atoms with Gasteiger partial charge in [0.15, 0.2) is 0 Å². The number of halogens is 2. The van der Waals surface area contributed by atoms with Crippen molar-refractivity contribution in [2.24, 2.45) is 5.92 Å². The molecule has 1 heterocycles. The van der Waals surface area contributed by atoms with Gasteiger partial charge in [-0.05, 0) is 53.1 Å². The van der Waals surface area contributed by atoms with Crippen LogP contribution in [0.2, 0.25) is 5.02 Å². The van der Waals surface area contributed by atoms with Gasteiger partial charge in [-0.3, -0.25) is 4.79 Å². The van der Waals surface area contributed by atoms with Crippen LogP contribution in [0.3, 0.4) is 0 Å². The molecule has 104 valence electrons. The minimum Gasteiger partial charge on any atom is -0.379 e. The Bertz CT molecular complexity index is 481. The first-order valence-corrected chi connectivity index (χ1v) is 7.75. The number of hydrogen-bond donors (Lipinski definition) is 0. The van der Waals surface area contributed by atoms with Crippen molar-refractivity contribution < 1.29 is 9.53 Å². The molecule has 1 saturated heterocycles. The Morgan fingerprint density at radius 2 is 2.26 bits per heavy atom. The van der Waals surface area contributed by atoms with E-state index in [0.717, 1.165) is 16.5 Å². The second kappa shape index (κ2) is 6.41. The molecule has 1 aromatic carbocycles. The normalized spacial score (nSPS) is 23.5. The molecular weight excluding hydrogens is 377 g/mol.